The third kappa shape index (κ3) is 1.90. The van der Waals surface area contributed by atoms with Gasteiger partial charge in [0.15, 0.2) is 5.78 Å². The Balaban J connectivity index is 1.58. The number of carbonyl (C=O) groups excluding carboxylic acids is 2. The van der Waals surface area contributed by atoms with Gasteiger partial charge in [-0.2, -0.15) is 0 Å². The van der Waals surface area contributed by atoms with Crippen LogP contribution in [0.15, 0.2) is 23.8 Å². The second kappa shape index (κ2) is 5.11. The predicted molar refractivity (Wildman–Crippen MR) is 99.2 cm³/mol. The largest absolute Gasteiger partial charge is 0.458 e. The molecule has 0 aromatic heterocycles. The van der Waals surface area contributed by atoms with Gasteiger partial charge in [-0.3, -0.25) is 9.59 Å². The monoisotopic (exact) mass is 354 g/mol. The molecular formula is C23H30O3. The normalized spacial score (nSPS) is 52.3. The molecule has 26 heavy (non-hydrogen) atoms. The molecule has 3 fully saturated rings. The molecule has 0 amide bonds. The van der Waals surface area contributed by atoms with Crippen LogP contribution in [0.2, 0.25) is 0 Å². The van der Waals surface area contributed by atoms with Crippen LogP contribution in [0.1, 0.15) is 65.7 Å². The molecule has 3 heteroatoms. The van der Waals surface area contributed by atoms with E-state index in [0.717, 1.165) is 32.1 Å². The lowest BCUT2D eigenvalue weighted by Crippen LogP contribution is -2.56. The van der Waals surface area contributed by atoms with Crippen molar-refractivity contribution in [2.24, 2.45) is 34.5 Å². The number of hydrogen-bond acceptors (Lipinski definition) is 3. The van der Waals surface area contributed by atoms with Gasteiger partial charge in [-0.15, -0.1) is 0 Å². The van der Waals surface area contributed by atoms with Gasteiger partial charge in [-0.05, 0) is 72.8 Å². The molecule has 3 nitrogen and oxygen atoms in total. The van der Waals surface area contributed by atoms with Crippen molar-refractivity contribution in [1.82, 2.24) is 0 Å². The first-order valence-electron chi connectivity index (χ1n) is 10.4. The molecule has 0 bridgehead atoms. The van der Waals surface area contributed by atoms with Crippen LogP contribution in [-0.2, 0) is 14.3 Å². The summed E-state index contributed by atoms with van der Waals surface area (Å²) in [6, 6.07) is 0. The second-order valence-corrected chi connectivity index (χ2v) is 10.2. The SMILES string of the molecule is C[C@@H]1CC2(C)C(CCC23CCC(=O)O3)C2C=CC3=CC(=O)CCC3(C)C21. The van der Waals surface area contributed by atoms with E-state index in [1.54, 1.807) is 0 Å². The summed E-state index contributed by atoms with van der Waals surface area (Å²) in [7, 11) is 0. The lowest BCUT2D eigenvalue weighted by atomic mass is 9.45. The third-order valence-corrected chi connectivity index (χ3v) is 9.10. The number of hydrogen-bond donors (Lipinski definition) is 0. The summed E-state index contributed by atoms with van der Waals surface area (Å²) >= 11 is 0. The number of carbonyl (C=O) groups is 2. The fraction of sp³-hybridized carbons (Fsp3) is 0.739. The Labute approximate surface area is 156 Å². The molecule has 1 saturated heterocycles. The Hall–Kier alpha value is -1.38. The molecule has 5 aliphatic rings. The van der Waals surface area contributed by atoms with Gasteiger partial charge < -0.3 is 4.74 Å². The average Bonchev–Trinajstić information content (AvgIpc) is 3.09. The molecule has 5 rings (SSSR count). The van der Waals surface area contributed by atoms with Crippen molar-refractivity contribution in [3.63, 3.8) is 0 Å². The lowest BCUT2D eigenvalue weighted by Gasteiger charge is -2.59. The lowest BCUT2D eigenvalue weighted by molar-refractivity contribution is -0.169. The molecule has 1 heterocycles. The number of esters is 1. The summed E-state index contributed by atoms with van der Waals surface area (Å²) in [5, 5.41) is 0. The minimum Gasteiger partial charge on any atom is -0.458 e. The van der Waals surface area contributed by atoms with E-state index in [1.165, 1.54) is 5.57 Å². The molecule has 2 saturated carbocycles. The minimum absolute atomic E-state index is 0.00353. The first kappa shape index (κ1) is 16.8. The molecule has 0 aromatic carbocycles. The summed E-state index contributed by atoms with van der Waals surface area (Å²) in [5.41, 5.74) is 1.24. The molecular weight excluding hydrogens is 324 g/mol. The maximum atomic E-state index is 12.0. The zero-order chi connectivity index (χ0) is 18.3. The maximum Gasteiger partial charge on any atom is 0.306 e. The van der Waals surface area contributed by atoms with Crippen molar-refractivity contribution < 1.29 is 14.3 Å². The molecule has 0 aromatic rings. The molecule has 7 atom stereocenters. The van der Waals surface area contributed by atoms with Crippen LogP contribution in [0.5, 0.6) is 0 Å². The smallest absolute Gasteiger partial charge is 0.306 e. The van der Waals surface area contributed by atoms with Gasteiger partial charge in [0.1, 0.15) is 5.60 Å². The van der Waals surface area contributed by atoms with E-state index < -0.39 is 0 Å². The van der Waals surface area contributed by atoms with Gasteiger partial charge in [0.05, 0.1) is 0 Å². The van der Waals surface area contributed by atoms with Crippen molar-refractivity contribution in [2.75, 3.05) is 0 Å². The Kier molecular flexibility index (Phi) is 3.30. The summed E-state index contributed by atoms with van der Waals surface area (Å²) in [6.45, 7) is 7.20. The number of ketones is 1. The summed E-state index contributed by atoms with van der Waals surface area (Å²) in [6.07, 6.45) is 13.1. The first-order valence-corrected chi connectivity index (χ1v) is 10.4. The minimum atomic E-state index is -0.221. The van der Waals surface area contributed by atoms with E-state index in [-0.39, 0.29) is 28.2 Å². The standard InChI is InChI=1S/C23H30O3/c1-14-13-22(3)18(7-10-23(22)11-8-19(25)26-23)17-5-4-15-12-16(24)6-9-21(15,2)20(14)17/h4-5,12,14,17-18,20H,6-11,13H2,1-3H3/t14-,17?,18?,20?,21?,22?,23?/m1/s1. The molecule has 1 aliphatic heterocycles. The van der Waals surface area contributed by atoms with Crippen LogP contribution >= 0.6 is 0 Å². The van der Waals surface area contributed by atoms with Gasteiger partial charge in [-0.1, -0.05) is 32.9 Å². The highest BCUT2D eigenvalue weighted by atomic mass is 16.6. The van der Waals surface area contributed by atoms with Crippen molar-refractivity contribution >= 4 is 11.8 Å². The van der Waals surface area contributed by atoms with Crippen LogP contribution in [0.25, 0.3) is 0 Å². The van der Waals surface area contributed by atoms with Gasteiger partial charge in [0.25, 0.3) is 0 Å². The van der Waals surface area contributed by atoms with E-state index in [4.69, 9.17) is 4.74 Å². The Morgan fingerprint density at radius 3 is 2.65 bits per heavy atom. The molecule has 0 N–H and O–H groups in total. The molecule has 6 unspecified atom stereocenters. The van der Waals surface area contributed by atoms with E-state index in [2.05, 4.69) is 32.9 Å². The second-order valence-electron chi connectivity index (χ2n) is 10.2. The Bertz CT molecular complexity index is 749. The van der Waals surface area contributed by atoms with Gasteiger partial charge in [0.2, 0.25) is 0 Å². The van der Waals surface area contributed by atoms with E-state index in [0.29, 0.717) is 36.5 Å². The highest BCUT2D eigenvalue weighted by Gasteiger charge is 2.67. The van der Waals surface area contributed by atoms with Crippen LogP contribution in [0.3, 0.4) is 0 Å². The van der Waals surface area contributed by atoms with E-state index in [9.17, 15) is 9.59 Å². The van der Waals surface area contributed by atoms with Crippen molar-refractivity contribution in [1.29, 1.82) is 0 Å². The number of fused-ring (bicyclic) bond motifs is 6. The predicted octanol–water partition coefficient (Wildman–Crippen LogP) is 4.62. The van der Waals surface area contributed by atoms with E-state index in [1.807, 2.05) is 6.08 Å². The van der Waals surface area contributed by atoms with Crippen molar-refractivity contribution in [3.8, 4) is 0 Å². The molecule has 140 valence electrons. The van der Waals surface area contributed by atoms with Crippen LogP contribution in [0.4, 0.5) is 0 Å². The fourth-order valence-electron chi connectivity index (χ4n) is 7.97. The number of allylic oxidation sites excluding steroid dienone is 4. The maximum absolute atomic E-state index is 12.0. The summed E-state index contributed by atoms with van der Waals surface area (Å²) in [5.74, 6) is 2.58. The zero-order valence-electron chi connectivity index (χ0n) is 16.2. The summed E-state index contributed by atoms with van der Waals surface area (Å²) in [4.78, 5) is 24.0. The van der Waals surface area contributed by atoms with Gasteiger partial charge in [0, 0.05) is 18.3 Å². The van der Waals surface area contributed by atoms with Gasteiger partial charge >= 0.3 is 5.97 Å². The van der Waals surface area contributed by atoms with Gasteiger partial charge in [-0.25, -0.2) is 0 Å². The van der Waals surface area contributed by atoms with Crippen LogP contribution < -0.4 is 0 Å². The average molecular weight is 354 g/mol. The van der Waals surface area contributed by atoms with Crippen molar-refractivity contribution in [3.05, 3.63) is 23.8 Å². The quantitative estimate of drug-likeness (QED) is 0.596. The molecule has 1 spiro atoms. The molecule has 4 aliphatic carbocycles. The molecule has 0 radical (unpaired) electrons. The highest BCUT2D eigenvalue weighted by Crippen LogP contribution is 2.69. The van der Waals surface area contributed by atoms with Crippen LogP contribution in [-0.4, -0.2) is 17.4 Å². The fourth-order valence-corrected chi connectivity index (χ4v) is 7.97. The number of rotatable bonds is 0. The number of ether oxygens (including phenoxy) is 1. The first-order chi connectivity index (χ1) is 12.3. The zero-order valence-corrected chi connectivity index (χ0v) is 16.2. The Morgan fingerprint density at radius 1 is 1.12 bits per heavy atom. The Morgan fingerprint density at radius 2 is 1.92 bits per heavy atom. The van der Waals surface area contributed by atoms with Crippen LogP contribution in [0, 0.1) is 34.5 Å². The highest BCUT2D eigenvalue weighted by molar-refractivity contribution is 5.92. The topological polar surface area (TPSA) is 43.4 Å². The van der Waals surface area contributed by atoms with Crippen molar-refractivity contribution in [2.45, 2.75) is 71.3 Å². The third-order valence-electron chi connectivity index (χ3n) is 9.10. The summed E-state index contributed by atoms with van der Waals surface area (Å²) < 4.78 is 6.04. The van der Waals surface area contributed by atoms with E-state index >= 15 is 0 Å².